The first-order valence-corrected chi connectivity index (χ1v) is 10.7. The molecule has 2 atom stereocenters. The highest BCUT2D eigenvalue weighted by molar-refractivity contribution is 5.94. The van der Waals surface area contributed by atoms with Gasteiger partial charge in [-0.1, -0.05) is 31.2 Å². The van der Waals surface area contributed by atoms with E-state index in [4.69, 9.17) is 4.74 Å². The van der Waals surface area contributed by atoms with E-state index in [1.807, 2.05) is 38.1 Å². The number of morpholine rings is 1. The number of carbonyl (C=O) groups is 1. The van der Waals surface area contributed by atoms with E-state index in [1.54, 1.807) is 19.2 Å². The van der Waals surface area contributed by atoms with Gasteiger partial charge in [-0.15, -0.1) is 0 Å². The fourth-order valence-corrected chi connectivity index (χ4v) is 3.66. The quantitative estimate of drug-likeness (QED) is 0.548. The number of aliphatic imine (C=N–C) groups is 1. The van der Waals surface area contributed by atoms with Crippen LogP contribution in [0, 0.1) is 5.82 Å². The van der Waals surface area contributed by atoms with Gasteiger partial charge in [0.1, 0.15) is 11.9 Å². The molecule has 0 aromatic heterocycles. The largest absolute Gasteiger partial charge is 0.367 e. The minimum atomic E-state index is -0.257. The summed E-state index contributed by atoms with van der Waals surface area (Å²) in [4.78, 5) is 18.8. The first-order chi connectivity index (χ1) is 15.0. The summed E-state index contributed by atoms with van der Waals surface area (Å²) in [5, 5.41) is 6.30. The summed E-state index contributed by atoms with van der Waals surface area (Å²) in [6, 6.07) is 14.0. The topological polar surface area (TPSA) is 66.0 Å². The van der Waals surface area contributed by atoms with Crippen molar-refractivity contribution in [1.82, 2.24) is 15.5 Å². The van der Waals surface area contributed by atoms with Gasteiger partial charge in [0.15, 0.2) is 5.96 Å². The Balaban J connectivity index is 1.64. The normalized spacial score (nSPS) is 19.2. The number of benzene rings is 2. The molecule has 1 saturated heterocycles. The predicted molar refractivity (Wildman–Crippen MR) is 121 cm³/mol. The Morgan fingerprint density at radius 3 is 2.68 bits per heavy atom. The fourth-order valence-electron chi connectivity index (χ4n) is 3.66. The molecule has 7 heteroatoms. The van der Waals surface area contributed by atoms with Gasteiger partial charge in [-0.2, -0.15) is 0 Å². The molecule has 0 saturated carbocycles. The molecule has 6 nitrogen and oxygen atoms in total. The second-order valence-corrected chi connectivity index (χ2v) is 7.75. The molecule has 0 radical (unpaired) electrons. The zero-order chi connectivity index (χ0) is 22.2. The van der Waals surface area contributed by atoms with Crippen molar-refractivity contribution >= 4 is 11.9 Å². The number of carbonyl (C=O) groups excluding carboxylic acids is 1. The van der Waals surface area contributed by atoms with E-state index in [2.05, 4.69) is 20.5 Å². The molecule has 2 unspecified atom stereocenters. The van der Waals surface area contributed by atoms with Gasteiger partial charge < -0.3 is 20.3 Å². The number of hydrogen-bond acceptors (Lipinski definition) is 3. The van der Waals surface area contributed by atoms with Gasteiger partial charge in [0.25, 0.3) is 5.91 Å². The second-order valence-electron chi connectivity index (χ2n) is 7.75. The van der Waals surface area contributed by atoms with Crippen molar-refractivity contribution in [3.63, 3.8) is 0 Å². The zero-order valence-electron chi connectivity index (χ0n) is 18.4. The molecule has 1 aliphatic heterocycles. The number of nitrogens with zero attached hydrogens (tertiary/aromatic N) is 2. The van der Waals surface area contributed by atoms with Crippen molar-refractivity contribution < 1.29 is 13.9 Å². The molecule has 2 N–H and O–H groups in total. The van der Waals surface area contributed by atoms with Crippen molar-refractivity contribution in [3.05, 3.63) is 71.0 Å². The lowest BCUT2D eigenvalue weighted by Crippen LogP contribution is -2.50. The lowest BCUT2D eigenvalue weighted by molar-refractivity contribution is -0.0605. The van der Waals surface area contributed by atoms with Crippen molar-refractivity contribution in [1.29, 1.82) is 0 Å². The maximum Gasteiger partial charge on any atom is 0.251 e. The Bertz CT molecular complexity index is 901. The number of halogens is 1. The van der Waals surface area contributed by atoms with E-state index in [0.29, 0.717) is 31.7 Å². The summed E-state index contributed by atoms with van der Waals surface area (Å²) >= 11 is 0. The molecule has 166 valence electrons. The molecular weight excluding hydrogens is 395 g/mol. The van der Waals surface area contributed by atoms with E-state index in [1.165, 1.54) is 12.1 Å². The summed E-state index contributed by atoms with van der Waals surface area (Å²) in [5.41, 5.74) is 2.60. The van der Waals surface area contributed by atoms with Crippen LogP contribution in [0.15, 0.2) is 53.5 Å². The standard InChI is InChI=1S/C24H31FN4O2/c1-4-12-27-23(30)20-7-5-6-18(13-20)14-28-24(26-3)29-15-17(2)31-22(16-29)19-8-10-21(25)11-9-19/h5-11,13,17,22H,4,12,14-16H2,1-3H3,(H,26,28)(H,27,30). The Hall–Kier alpha value is -2.93. The van der Waals surface area contributed by atoms with Crippen LogP contribution in [0.4, 0.5) is 4.39 Å². The lowest BCUT2D eigenvalue weighted by Gasteiger charge is -2.38. The third-order valence-corrected chi connectivity index (χ3v) is 5.19. The molecule has 2 aromatic carbocycles. The third kappa shape index (κ3) is 6.28. The second kappa shape index (κ2) is 10.9. The van der Waals surface area contributed by atoms with Crippen LogP contribution in [-0.4, -0.2) is 49.6 Å². The van der Waals surface area contributed by atoms with Gasteiger partial charge in [-0.05, 0) is 48.7 Å². The molecule has 0 bridgehead atoms. The minimum Gasteiger partial charge on any atom is -0.367 e. The average molecular weight is 427 g/mol. The van der Waals surface area contributed by atoms with Crippen molar-refractivity contribution in [2.45, 2.75) is 39.0 Å². The molecule has 0 aliphatic carbocycles. The van der Waals surface area contributed by atoms with Crippen LogP contribution >= 0.6 is 0 Å². The summed E-state index contributed by atoms with van der Waals surface area (Å²) in [6.45, 7) is 6.59. The molecule has 1 aliphatic rings. The molecular formula is C24H31FN4O2. The van der Waals surface area contributed by atoms with Crippen LogP contribution in [0.2, 0.25) is 0 Å². The Labute approximate surface area is 183 Å². The molecule has 3 rings (SSSR count). The van der Waals surface area contributed by atoms with Gasteiger partial charge in [0, 0.05) is 32.2 Å². The first kappa shape index (κ1) is 22.7. The summed E-state index contributed by atoms with van der Waals surface area (Å²) < 4.78 is 19.4. The highest BCUT2D eigenvalue weighted by atomic mass is 19.1. The maximum absolute atomic E-state index is 13.3. The number of guanidine groups is 1. The smallest absolute Gasteiger partial charge is 0.251 e. The number of nitrogens with one attached hydrogen (secondary N) is 2. The molecule has 2 aromatic rings. The van der Waals surface area contributed by atoms with E-state index < -0.39 is 0 Å². The first-order valence-electron chi connectivity index (χ1n) is 10.7. The lowest BCUT2D eigenvalue weighted by atomic mass is 10.1. The van der Waals surface area contributed by atoms with Crippen molar-refractivity contribution in [2.75, 3.05) is 26.7 Å². The molecule has 1 amide bonds. The molecule has 0 spiro atoms. The SMILES string of the molecule is CCCNC(=O)c1cccc(CNC(=NC)N2CC(C)OC(c3ccc(F)cc3)C2)c1. The predicted octanol–water partition coefficient (Wildman–Crippen LogP) is 3.50. The van der Waals surface area contributed by atoms with Crippen LogP contribution in [0.25, 0.3) is 0 Å². The van der Waals surface area contributed by atoms with E-state index in [0.717, 1.165) is 23.5 Å². The van der Waals surface area contributed by atoms with Gasteiger partial charge in [-0.25, -0.2) is 4.39 Å². The van der Waals surface area contributed by atoms with E-state index in [-0.39, 0.29) is 23.9 Å². The number of ether oxygens (including phenoxy) is 1. The highest BCUT2D eigenvalue weighted by Gasteiger charge is 2.28. The maximum atomic E-state index is 13.3. The number of hydrogen-bond donors (Lipinski definition) is 2. The minimum absolute atomic E-state index is 0.00735. The Morgan fingerprint density at radius 2 is 1.97 bits per heavy atom. The monoisotopic (exact) mass is 426 g/mol. The number of amides is 1. The van der Waals surface area contributed by atoms with E-state index >= 15 is 0 Å². The highest BCUT2D eigenvalue weighted by Crippen LogP contribution is 2.25. The fraction of sp³-hybridized carbons (Fsp3) is 0.417. The van der Waals surface area contributed by atoms with Crippen LogP contribution < -0.4 is 10.6 Å². The third-order valence-electron chi connectivity index (χ3n) is 5.19. The van der Waals surface area contributed by atoms with Crippen LogP contribution in [0.3, 0.4) is 0 Å². The van der Waals surface area contributed by atoms with Gasteiger partial charge in [-0.3, -0.25) is 9.79 Å². The van der Waals surface area contributed by atoms with E-state index in [9.17, 15) is 9.18 Å². The molecule has 1 fully saturated rings. The number of rotatable bonds is 6. The van der Waals surface area contributed by atoms with Crippen LogP contribution in [0.5, 0.6) is 0 Å². The van der Waals surface area contributed by atoms with Crippen molar-refractivity contribution in [2.24, 2.45) is 4.99 Å². The average Bonchev–Trinajstić information content (AvgIpc) is 2.78. The van der Waals surface area contributed by atoms with Gasteiger partial charge in [0.2, 0.25) is 0 Å². The summed E-state index contributed by atoms with van der Waals surface area (Å²) in [6.07, 6.45) is 0.752. The van der Waals surface area contributed by atoms with Gasteiger partial charge >= 0.3 is 0 Å². The molecule has 1 heterocycles. The van der Waals surface area contributed by atoms with Crippen LogP contribution in [-0.2, 0) is 11.3 Å². The summed E-state index contributed by atoms with van der Waals surface area (Å²) in [5.74, 6) is 0.452. The zero-order valence-corrected chi connectivity index (χ0v) is 18.4. The van der Waals surface area contributed by atoms with Gasteiger partial charge in [0.05, 0.1) is 12.6 Å². The molecule has 31 heavy (non-hydrogen) atoms. The Kier molecular flexibility index (Phi) is 8.00. The summed E-state index contributed by atoms with van der Waals surface area (Å²) in [7, 11) is 1.75. The van der Waals surface area contributed by atoms with Crippen LogP contribution in [0.1, 0.15) is 47.9 Å². The Morgan fingerprint density at radius 1 is 1.19 bits per heavy atom. The van der Waals surface area contributed by atoms with Crippen molar-refractivity contribution in [3.8, 4) is 0 Å².